The Morgan fingerprint density at radius 3 is 2.35 bits per heavy atom. The number of carbonyl (C=O) groups excluding carboxylic acids is 1. The fourth-order valence-electron chi connectivity index (χ4n) is 2.69. The second kappa shape index (κ2) is 5.87. The van der Waals surface area contributed by atoms with E-state index in [1.165, 1.54) is 0 Å². The fourth-order valence-corrected chi connectivity index (χ4v) is 2.69. The van der Waals surface area contributed by atoms with Gasteiger partial charge in [-0.1, -0.05) is 6.92 Å². The second-order valence-electron chi connectivity index (χ2n) is 5.78. The zero-order valence-corrected chi connectivity index (χ0v) is 11.6. The van der Waals surface area contributed by atoms with Crippen molar-refractivity contribution in [2.75, 3.05) is 6.54 Å². The number of benzene rings is 1. The lowest BCUT2D eigenvalue weighted by atomic mass is 9.77. The molecule has 1 fully saturated rings. The van der Waals surface area contributed by atoms with Crippen molar-refractivity contribution in [2.24, 2.45) is 11.7 Å². The number of nitrogens with one attached hydrogen (secondary N) is 1. The third-order valence-corrected chi connectivity index (χ3v) is 4.13. The molecule has 3 N–H and O–H groups in total. The summed E-state index contributed by atoms with van der Waals surface area (Å²) in [4.78, 5) is 12.2. The molecule has 3 nitrogen and oxygen atoms in total. The van der Waals surface area contributed by atoms with E-state index in [4.69, 9.17) is 5.73 Å². The monoisotopic (exact) mass is 282 g/mol. The van der Waals surface area contributed by atoms with Crippen LogP contribution in [0.15, 0.2) is 18.2 Å². The maximum atomic E-state index is 13.2. The van der Waals surface area contributed by atoms with E-state index in [0.717, 1.165) is 43.9 Å². The normalized spacial score (nSPS) is 26.3. The number of amides is 1. The average molecular weight is 282 g/mol. The molecule has 0 spiro atoms. The van der Waals surface area contributed by atoms with Crippen LogP contribution in [0, 0.1) is 17.6 Å². The summed E-state index contributed by atoms with van der Waals surface area (Å²) in [6.45, 7) is 2.51. The van der Waals surface area contributed by atoms with Crippen LogP contribution < -0.4 is 11.1 Å². The molecule has 0 aliphatic heterocycles. The molecule has 110 valence electrons. The largest absolute Gasteiger partial charge is 0.345 e. The second-order valence-corrected chi connectivity index (χ2v) is 5.78. The van der Waals surface area contributed by atoms with Crippen LogP contribution in [-0.2, 0) is 0 Å². The van der Waals surface area contributed by atoms with Gasteiger partial charge in [-0.3, -0.25) is 4.79 Å². The van der Waals surface area contributed by atoms with Crippen LogP contribution >= 0.6 is 0 Å². The van der Waals surface area contributed by atoms with Crippen molar-refractivity contribution < 1.29 is 13.6 Å². The van der Waals surface area contributed by atoms with Crippen LogP contribution in [0.2, 0.25) is 0 Å². The van der Waals surface area contributed by atoms with Gasteiger partial charge in [0.1, 0.15) is 11.6 Å². The van der Waals surface area contributed by atoms with Gasteiger partial charge in [-0.2, -0.15) is 0 Å². The first-order valence-corrected chi connectivity index (χ1v) is 6.93. The fraction of sp³-hybridized carbons (Fsp3) is 0.533. The molecule has 5 heteroatoms. The lowest BCUT2D eigenvalue weighted by molar-refractivity contribution is 0.0859. The first kappa shape index (κ1) is 14.9. The van der Waals surface area contributed by atoms with Crippen LogP contribution in [-0.4, -0.2) is 18.0 Å². The minimum atomic E-state index is -0.755. The molecule has 0 heterocycles. The zero-order chi connectivity index (χ0) is 14.8. The van der Waals surface area contributed by atoms with Crippen molar-refractivity contribution in [2.45, 2.75) is 38.1 Å². The standard InChI is InChI=1S/C15H20F2N2O/c1-10-2-4-15(9-18,5-3-10)19-14(20)11-6-12(16)8-13(17)7-11/h6-8,10H,2-5,9,18H2,1H3,(H,19,20). The Labute approximate surface area is 117 Å². The highest BCUT2D eigenvalue weighted by molar-refractivity contribution is 5.94. The molecule has 0 bridgehead atoms. The molecule has 1 saturated carbocycles. The van der Waals surface area contributed by atoms with Crippen LogP contribution in [0.5, 0.6) is 0 Å². The number of hydrogen-bond acceptors (Lipinski definition) is 2. The topological polar surface area (TPSA) is 55.1 Å². The molecule has 0 radical (unpaired) electrons. The number of hydrogen-bond donors (Lipinski definition) is 2. The van der Waals surface area contributed by atoms with Gasteiger partial charge >= 0.3 is 0 Å². The van der Waals surface area contributed by atoms with E-state index >= 15 is 0 Å². The molecule has 0 saturated heterocycles. The van der Waals surface area contributed by atoms with Crippen molar-refractivity contribution >= 4 is 5.91 Å². The molecular weight excluding hydrogens is 262 g/mol. The quantitative estimate of drug-likeness (QED) is 0.895. The minimum Gasteiger partial charge on any atom is -0.345 e. The zero-order valence-electron chi connectivity index (χ0n) is 11.6. The number of carbonyl (C=O) groups is 1. The molecule has 1 amide bonds. The summed E-state index contributed by atoms with van der Waals surface area (Å²) in [5.41, 5.74) is 5.35. The van der Waals surface area contributed by atoms with E-state index < -0.39 is 23.1 Å². The van der Waals surface area contributed by atoms with E-state index in [2.05, 4.69) is 12.2 Å². The maximum Gasteiger partial charge on any atom is 0.251 e. The first-order valence-electron chi connectivity index (χ1n) is 6.93. The van der Waals surface area contributed by atoms with E-state index in [1.807, 2.05) is 0 Å². The molecule has 0 aromatic heterocycles. The smallest absolute Gasteiger partial charge is 0.251 e. The summed E-state index contributed by atoms with van der Waals surface area (Å²) in [6.07, 6.45) is 3.59. The summed E-state index contributed by atoms with van der Waals surface area (Å²) < 4.78 is 26.3. The predicted molar refractivity (Wildman–Crippen MR) is 73.2 cm³/mol. The molecule has 1 aromatic rings. The third kappa shape index (κ3) is 3.33. The van der Waals surface area contributed by atoms with Gasteiger partial charge in [0.25, 0.3) is 5.91 Å². The Bertz CT molecular complexity index is 476. The van der Waals surface area contributed by atoms with Gasteiger partial charge in [-0.05, 0) is 43.7 Å². The van der Waals surface area contributed by atoms with Gasteiger partial charge in [-0.15, -0.1) is 0 Å². The van der Waals surface area contributed by atoms with Gasteiger partial charge in [0, 0.05) is 18.2 Å². The summed E-state index contributed by atoms with van der Waals surface area (Å²) in [5, 5.41) is 2.88. The van der Waals surface area contributed by atoms with Gasteiger partial charge < -0.3 is 11.1 Å². The van der Waals surface area contributed by atoms with E-state index in [0.29, 0.717) is 12.5 Å². The summed E-state index contributed by atoms with van der Waals surface area (Å²) in [7, 11) is 0. The van der Waals surface area contributed by atoms with Gasteiger partial charge in [0.2, 0.25) is 0 Å². The van der Waals surface area contributed by atoms with Crippen molar-refractivity contribution in [1.82, 2.24) is 5.32 Å². The Morgan fingerprint density at radius 1 is 1.30 bits per heavy atom. The number of nitrogens with two attached hydrogens (primary N) is 1. The highest BCUT2D eigenvalue weighted by Crippen LogP contribution is 2.31. The Balaban J connectivity index is 2.13. The number of rotatable bonds is 3. The molecule has 0 unspecified atom stereocenters. The van der Waals surface area contributed by atoms with Gasteiger partial charge in [0.05, 0.1) is 5.54 Å². The van der Waals surface area contributed by atoms with Crippen LogP contribution in [0.25, 0.3) is 0 Å². The van der Waals surface area contributed by atoms with Gasteiger partial charge in [0.15, 0.2) is 0 Å². The van der Waals surface area contributed by atoms with E-state index in [9.17, 15) is 13.6 Å². The van der Waals surface area contributed by atoms with Crippen molar-refractivity contribution in [1.29, 1.82) is 0 Å². The summed E-state index contributed by atoms with van der Waals surface area (Å²) in [6, 6.07) is 2.82. The summed E-state index contributed by atoms with van der Waals surface area (Å²) in [5.74, 6) is -1.36. The molecular formula is C15H20F2N2O. The maximum absolute atomic E-state index is 13.2. The van der Waals surface area contributed by atoms with Crippen LogP contribution in [0.1, 0.15) is 43.0 Å². The minimum absolute atomic E-state index is 0.00560. The average Bonchev–Trinajstić information content (AvgIpc) is 2.40. The van der Waals surface area contributed by atoms with Crippen molar-refractivity contribution in [3.05, 3.63) is 35.4 Å². The van der Waals surface area contributed by atoms with Crippen molar-refractivity contribution in [3.63, 3.8) is 0 Å². The summed E-state index contributed by atoms with van der Waals surface area (Å²) >= 11 is 0. The molecule has 1 aliphatic carbocycles. The molecule has 2 rings (SSSR count). The van der Waals surface area contributed by atoms with Crippen LogP contribution in [0.4, 0.5) is 8.78 Å². The Hall–Kier alpha value is -1.49. The SMILES string of the molecule is CC1CCC(CN)(NC(=O)c2cc(F)cc(F)c2)CC1. The van der Waals surface area contributed by atoms with Gasteiger partial charge in [-0.25, -0.2) is 8.78 Å². The number of halogens is 2. The first-order chi connectivity index (χ1) is 9.44. The predicted octanol–water partition coefficient (Wildman–Crippen LogP) is 2.60. The van der Waals surface area contributed by atoms with Crippen LogP contribution in [0.3, 0.4) is 0 Å². The molecule has 1 aromatic carbocycles. The lowest BCUT2D eigenvalue weighted by Crippen LogP contribution is -2.55. The molecule has 0 atom stereocenters. The Morgan fingerprint density at radius 2 is 1.85 bits per heavy atom. The highest BCUT2D eigenvalue weighted by atomic mass is 19.1. The molecule has 20 heavy (non-hydrogen) atoms. The molecule has 1 aliphatic rings. The van der Waals surface area contributed by atoms with E-state index in [-0.39, 0.29) is 5.56 Å². The third-order valence-electron chi connectivity index (χ3n) is 4.13. The Kier molecular flexibility index (Phi) is 4.38. The highest BCUT2D eigenvalue weighted by Gasteiger charge is 2.34. The lowest BCUT2D eigenvalue weighted by Gasteiger charge is -2.39. The van der Waals surface area contributed by atoms with Crippen molar-refractivity contribution in [3.8, 4) is 0 Å². The van der Waals surface area contributed by atoms with E-state index in [1.54, 1.807) is 0 Å².